The first-order valence-corrected chi connectivity index (χ1v) is 8.90. The van der Waals surface area contributed by atoms with Gasteiger partial charge in [0.25, 0.3) is 0 Å². The van der Waals surface area contributed by atoms with Gasteiger partial charge in [0.05, 0.1) is 5.57 Å². The molecule has 11 nitrogen and oxygen atoms in total. The Balaban J connectivity index is -0.000000354. The van der Waals surface area contributed by atoms with Gasteiger partial charge >= 0.3 is 23.0 Å². The first kappa shape index (κ1) is 33.0. The largest absolute Gasteiger partial charge is 2.00 e. The van der Waals surface area contributed by atoms with Crippen molar-refractivity contribution in [1.82, 2.24) is 9.97 Å². The second-order valence-electron chi connectivity index (χ2n) is 4.87. The van der Waals surface area contributed by atoms with Gasteiger partial charge < -0.3 is 15.3 Å². The summed E-state index contributed by atoms with van der Waals surface area (Å²) >= 11 is 0. The number of aromatic nitrogens is 2. The predicted octanol–water partition coefficient (Wildman–Crippen LogP) is -3.77. The molecule has 0 bridgehead atoms. The van der Waals surface area contributed by atoms with Crippen LogP contribution in [-0.4, -0.2) is 27.2 Å². The number of ketones is 1. The zero-order valence-corrected chi connectivity index (χ0v) is 17.9. The van der Waals surface area contributed by atoms with Gasteiger partial charge in [-0.05, 0) is 31.2 Å². The molecule has 0 amide bonds. The molecule has 0 fully saturated rings. The van der Waals surface area contributed by atoms with Crippen LogP contribution < -0.4 is 23.7 Å². The molecule has 2 aromatic heterocycles. The van der Waals surface area contributed by atoms with Crippen LogP contribution in [0.2, 0.25) is 0 Å². The van der Waals surface area contributed by atoms with Gasteiger partial charge in [0.1, 0.15) is 5.76 Å². The molecule has 173 valence electrons. The number of pyridine rings is 2. The maximum absolute atomic E-state index is 11.0. The second-order valence-corrected chi connectivity index (χ2v) is 5.62. The average molecular weight is 506 g/mol. The Morgan fingerprint density at radius 3 is 1.42 bits per heavy atom. The fourth-order valence-corrected chi connectivity index (χ4v) is 1.53. The zero-order valence-electron chi connectivity index (χ0n) is 16.2. The van der Waals surface area contributed by atoms with Crippen molar-refractivity contribution in [2.75, 3.05) is 0 Å². The van der Waals surface area contributed by atoms with E-state index in [1.807, 2.05) is 36.4 Å². The summed E-state index contributed by atoms with van der Waals surface area (Å²) in [5.74, 6) is -1.77. The van der Waals surface area contributed by atoms with E-state index in [9.17, 15) is 14.7 Å². The maximum Gasteiger partial charge on any atom is 2.00 e. The number of halogens is 1. The molecule has 0 aliphatic carbocycles. The third kappa shape index (κ3) is 20.4. The van der Waals surface area contributed by atoms with E-state index in [1.165, 1.54) is 6.92 Å². The van der Waals surface area contributed by atoms with Gasteiger partial charge in [-0.15, -0.1) is 16.0 Å². The van der Waals surface area contributed by atoms with Crippen LogP contribution in [0.3, 0.4) is 0 Å². The minimum atomic E-state index is -4.94. The number of hydrogen-bond donors (Lipinski definition) is 0. The first-order valence-electron chi connectivity index (χ1n) is 7.66. The smallest absolute Gasteiger partial charge is 0.875 e. The SMILES string of the molecule is CC1=CC(=O)/C(=C(/C)[O-])C(=O)O1.O.[Cu+2].[O-][Cl+3]([O-])([O-])[O-].c1ccncc1.c1ccncc1. The molecular formula is C18H19ClCuN2O9. The number of carbonyl (C=O) groups is 2. The van der Waals surface area contributed by atoms with Crippen molar-refractivity contribution in [3.8, 4) is 0 Å². The Morgan fingerprint density at radius 1 is 0.871 bits per heavy atom. The number of esters is 1. The van der Waals surface area contributed by atoms with Crippen molar-refractivity contribution in [1.29, 1.82) is 0 Å². The monoisotopic (exact) mass is 505 g/mol. The van der Waals surface area contributed by atoms with Crippen LogP contribution in [0.1, 0.15) is 13.8 Å². The molecule has 0 saturated heterocycles. The van der Waals surface area contributed by atoms with Crippen LogP contribution in [-0.2, 0) is 31.4 Å². The third-order valence-corrected chi connectivity index (χ3v) is 2.52. The topological polar surface area (TPSA) is 216 Å². The molecule has 0 unspecified atom stereocenters. The summed E-state index contributed by atoms with van der Waals surface area (Å²) in [6, 6.07) is 11.4. The van der Waals surface area contributed by atoms with E-state index < -0.39 is 33.3 Å². The van der Waals surface area contributed by atoms with E-state index >= 15 is 0 Å². The summed E-state index contributed by atoms with van der Waals surface area (Å²) in [6.07, 6.45) is 8.12. The fourth-order valence-electron chi connectivity index (χ4n) is 1.53. The molecule has 2 aromatic rings. The molecule has 3 heterocycles. The van der Waals surface area contributed by atoms with E-state index in [0.29, 0.717) is 0 Å². The van der Waals surface area contributed by atoms with E-state index in [-0.39, 0.29) is 28.3 Å². The molecule has 3 rings (SSSR count). The van der Waals surface area contributed by atoms with Gasteiger partial charge in [-0.2, -0.15) is 0 Å². The minimum Gasteiger partial charge on any atom is -0.875 e. The van der Waals surface area contributed by atoms with E-state index in [1.54, 1.807) is 24.8 Å². The molecule has 0 spiro atoms. The van der Waals surface area contributed by atoms with E-state index in [2.05, 4.69) is 14.7 Å². The van der Waals surface area contributed by atoms with Gasteiger partial charge in [0.2, 0.25) is 0 Å². The minimum absolute atomic E-state index is 0. The fraction of sp³-hybridized carbons (Fsp3) is 0.111. The van der Waals surface area contributed by atoms with Crippen molar-refractivity contribution in [3.63, 3.8) is 0 Å². The van der Waals surface area contributed by atoms with E-state index in [4.69, 9.17) is 18.6 Å². The third-order valence-electron chi connectivity index (χ3n) is 2.52. The van der Waals surface area contributed by atoms with Crippen molar-refractivity contribution < 1.29 is 70.9 Å². The number of rotatable bonds is 0. The standard InChI is InChI=1S/C8H8O4.2C5H5N.ClHO4.Cu.H2O/c1-4-3-6(10)7(5(2)9)8(11)12-4;2*1-2-4-6-5-3-1;2-1(3,4)5;;/h3,9H,1-2H3;2*1-5H;(H,2,3,4,5);;1H2/q;;;;+2;/p-2/b7-5+;;;;;. The van der Waals surface area contributed by atoms with Crippen molar-refractivity contribution in [3.05, 3.63) is 84.4 Å². The van der Waals surface area contributed by atoms with Gasteiger partial charge in [-0.25, -0.2) is 23.4 Å². The van der Waals surface area contributed by atoms with Crippen molar-refractivity contribution >= 4 is 11.8 Å². The van der Waals surface area contributed by atoms with Crippen LogP contribution in [0, 0.1) is 10.2 Å². The normalized spacial score (nSPS) is 13.4. The summed E-state index contributed by atoms with van der Waals surface area (Å²) in [6.45, 7) is 2.63. The molecule has 0 saturated carbocycles. The second kappa shape index (κ2) is 18.1. The van der Waals surface area contributed by atoms with Crippen molar-refractivity contribution in [2.24, 2.45) is 0 Å². The number of cyclic esters (lactones) is 1. The summed E-state index contributed by atoms with van der Waals surface area (Å²) in [5, 5.41) is 10.7. The van der Waals surface area contributed by atoms with Crippen molar-refractivity contribution in [2.45, 2.75) is 13.8 Å². The van der Waals surface area contributed by atoms with Crippen LogP contribution in [0.4, 0.5) is 0 Å². The van der Waals surface area contributed by atoms with Gasteiger partial charge in [0.15, 0.2) is 5.78 Å². The number of nitrogens with zero attached hydrogens (tertiary/aromatic N) is 2. The van der Waals surface area contributed by atoms with E-state index in [0.717, 1.165) is 13.0 Å². The quantitative estimate of drug-likeness (QED) is 0.112. The summed E-state index contributed by atoms with van der Waals surface area (Å²) in [7, 11) is -4.94. The summed E-state index contributed by atoms with van der Waals surface area (Å²) in [4.78, 5) is 29.5. The average Bonchev–Trinajstić information content (AvgIpc) is 2.63. The Hall–Kier alpha value is -2.67. The van der Waals surface area contributed by atoms with Crippen LogP contribution >= 0.6 is 0 Å². The number of allylic oxidation sites excluding steroid dienone is 3. The molecule has 1 radical (unpaired) electrons. The summed E-state index contributed by atoms with van der Waals surface area (Å²) < 4.78 is 38.5. The number of ether oxygens (including phenoxy) is 1. The molecule has 2 N–H and O–H groups in total. The van der Waals surface area contributed by atoms with Crippen LogP contribution in [0.25, 0.3) is 0 Å². The van der Waals surface area contributed by atoms with Gasteiger partial charge in [0, 0.05) is 30.9 Å². The molecular weight excluding hydrogens is 487 g/mol. The molecule has 1 aliphatic heterocycles. The Bertz CT molecular complexity index is 719. The zero-order chi connectivity index (χ0) is 22.3. The van der Waals surface area contributed by atoms with Gasteiger partial charge in [-0.1, -0.05) is 19.1 Å². The van der Waals surface area contributed by atoms with Crippen LogP contribution in [0.15, 0.2) is 84.4 Å². The number of carbonyl (C=O) groups excluding carboxylic acids is 2. The molecule has 0 atom stereocenters. The Labute approximate surface area is 190 Å². The number of hydrogen-bond acceptors (Lipinski definition) is 10. The predicted molar refractivity (Wildman–Crippen MR) is 89.6 cm³/mol. The Kier molecular flexibility index (Phi) is 19.3. The van der Waals surface area contributed by atoms with Crippen LogP contribution in [0.5, 0.6) is 0 Å². The molecule has 1 aliphatic rings. The van der Waals surface area contributed by atoms with Gasteiger partial charge in [-0.3, -0.25) is 14.8 Å². The Morgan fingerprint density at radius 2 is 1.23 bits per heavy atom. The molecule has 13 heteroatoms. The molecule has 31 heavy (non-hydrogen) atoms. The summed E-state index contributed by atoms with van der Waals surface area (Å²) in [5.41, 5.74) is -0.402. The molecule has 0 aromatic carbocycles. The first-order chi connectivity index (χ1) is 13.5. The maximum atomic E-state index is 11.0.